The predicted molar refractivity (Wildman–Crippen MR) is 187 cm³/mol. The normalized spacial score (nSPS) is 11.5. The summed E-state index contributed by atoms with van der Waals surface area (Å²) in [6.07, 6.45) is 1.79. The van der Waals surface area contributed by atoms with Crippen molar-refractivity contribution in [3.63, 3.8) is 0 Å². The highest BCUT2D eigenvalue weighted by Crippen LogP contribution is 2.38. The Hall–Kier alpha value is -6.33. The molecule has 0 atom stereocenters. The molecule has 0 amide bonds. The third-order valence-corrected chi connectivity index (χ3v) is 8.48. The summed E-state index contributed by atoms with van der Waals surface area (Å²) in [5, 5.41) is 4.30. The maximum atomic E-state index is 5.30. The Morgan fingerprint density at radius 1 is 0.370 bits per heavy atom. The predicted octanol–water partition coefficient (Wildman–Crippen LogP) is 9.94. The van der Waals surface area contributed by atoms with E-state index >= 15 is 0 Å². The Kier molecular flexibility index (Phi) is 6.06. The molecule has 0 N–H and O–H groups in total. The molecule has 0 radical (unpaired) electrons. The first-order chi connectivity index (χ1) is 22.8. The summed E-state index contributed by atoms with van der Waals surface area (Å²) in [5.74, 6) is 0. The fourth-order valence-electron chi connectivity index (χ4n) is 6.23. The second-order valence-electron chi connectivity index (χ2n) is 11.3. The summed E-state index contributed by atoms with van der Waals surface area (Å²) in [7, 11) is 0. The van der Waals surface area contributed by atoms with E-state index in [0.29, 0.717) is 0 Å². The van der Waals surface area contributed by atoms with Gasteiger partial charge in [-0.15, -0.1) is 0 Å². The number of aromatic nitrogens is 5. The molecule has 5 nitrogen and oxygen atoms in total. The molecule has 214 valence electrons. The van der Waals surface area contributed by atoms with Crippen molar-refractivity contribution in [2.45, 2.75) is 0 Å². The molecule has 0 aliphatic carbocycles. The minimum atomic E-state index is 0.823. The summed E-state index contributed by atoms with van der Waals surface area (Å²) in [6, 6.07) is 49.7. The minimum absolute atomic E-state index is 0.823. The molecular weight excluding hydrogens is 562 g/mol. The molecule has 9 rings (SSSR count). The Morgan fingerprint density at radius 3 is 1.72 bits per heavy atom. The Labute approximate surface area is 264 Å². The lowest BCUT2D eigenvalue weighted by Gasteiger charge is -2.14. The number of fused-ring (bicyclic) bond motifs is 5. The first-order valence-electron chi connectivity index (χ1n) is 15.3. The molecule has 5 heteroatoms. The zero-order valence-electron chi connectivity index (χ0n) is 24.7. The van der Waals surface area contributed by atoms with Gasteiger partial charge in [0.05, 0.1) is 50.5 Å². The molecule has 0 fully saturated rings. The van der Waals surface area contributed by atoms with Gasteiger partial charge in [-0.25, -0.2) is 19.9 Å². The van der Waals surface area contributed by atoms with Crippen LogP contribution in [-0.4, -0.2) is 24.9 Å². The minimum Gasteiger partial charge on any atom is -0.255 e. The van der Waals surface area contributed by atoms with E-state index in [0.717, 1.165) is 88.8 Å². The standard InChI is InChI=1S/C41H25N5/c1-2-10-26(11-3-1)38-41(45-36-16-7-6-15-35(36)44-38)30-24-29-12-4-5-13-31(29)32(25-30)33-21-19-27-17-18-28-20-22-37(34-14-8-9-23-42-34)46-40(28)39(27)43-33/h1-25H. The van der Waals surface area contributed by atoms with Gasteiger partial charge in [0.25, 0.3) is 0 Å². The van der Waals surface area contributed by atoms with Gasteiger partial charge < -0.3 is 0 Å². The Morgan fingerprint density at radius 2 is 0.978 bits per heavy atom. The average Bonchev–Trinajstić information content (AvgIpc) is 3.14. The molecule has 9 aromatic rings. The van der Waals surface area contributed by atoms with Crippen LogP contribution in [0.25, 0.3) is 88.8 Å². The van der Waals surface area contributed by atoms with Gasteiger partial charge in [-0.2, -0.15) is 0 Å². The number of hydrogen-bond donors (Lipinski definition) is 0. The molecule has 0 aliphatic heterocycles. The SMILES string of the molecule is c1ccc(-c2nc3ccccc3nc2-c2cc(-c3ccc4ccc5ccc(-c6ccccn6)nc5c4n3)c3ccccc3c2)cc1. The van der Waals surface area contributed by atoms with Crippen LogP contribution in [-0.2, 0) is 0 Å². The van der Waals surface area contributed by atoms with Crippen LogP contribution in [0.5, 0.6) is 0 Å². The monoisotopic (exact) mass is 587 g/mol. The van der Waals surface area contributed by atoms with Crippen molar-refractivity contribution < 1.29 is 0 Å². The number of rotatable bonds is 4. The summed E-state index contributed by atoms with van der Waals surface area (Å²) >= 11 is 0. The van der Waals surface area contributed by atoms with E-state index in [4.69, 9.17) is 19.9 Å². The summed E-state index contributed by atoms with van der Waals surface area (Å²) in [6.45, 7) is 0. The zero-order chi connectivity index (χ0) is 30.5. The van der Waals surface area contributed by atoms with Crippen molar-refractivity contribution in [3.05, 3.63) is 152 Å². The number of nitrogens with zero attached hydrogens (tertiary/aromatic N) is 5. The molecule has 0 saturated heterocycles. The van der Waals surface area contributed by atoms with Crippen molar-refractivity contribution in [2.24, 2.45) is 0 Å². The van der Waals surface area contributed by atoms with Gasteiger partial charge in [0.2, 0.25) is 0 Å². The number of pyridine rings is 3. The molecule has 46 heavy (non-hydrogen) atoms. The van der Waals surface area contributed by atoms with Gasteiger partial charge in [-0.3, -0.25) is 4.98 Å². The molecule has 4 heterocycles. The van der Waals surface area contributed by atoms with E-state index in [1.807, 2.05) is 66.7 Å². The third-order valence-electron chi connectivity index (χ3n) is 8.48. The molecule has 0 bridgehead atoms. The van der Waals surface area contributed by atoms with Crippen molar-refractivity contribution >= 4 is 43.6 Å². The third kappa shape index (κ3) is 4.45. The highest BCUT2D eigenvalue weighted by Gasteiger charge is 2.17. The van der Waals surface area contributed by atoms with E-state index < -0.39 is 0 Å². The van der Waals surface area contributed by atoms with Gasteiger partial charge in [0.1, 0.15) is 0 Å². The maximum Gasteiger partial charge on any atom is 0.0973 e. The van der Waals surface area contributed by atoms with E-state index in [2.05, 4.69) is 83.8 Å². The van der Waals surface area contributed by atoms with Crippen LogP contribution in [0.15, 0.2) is 152 Å². The Bertz CT molecular complexity index is 2580. The molecule has 4 aromatic heterocycles. The van der Waals surface area contributed by atoms with Crippen LogP contribution < -0.4 is 0 Å². The fourth-order valence-corrected chi connectivity index (χ4v) is 6.23. The van der Waals surface area contributed by atoms with Crippen LogP contribution in [0.4, 0.5) is 0 Å². The zero-order valence-corrected chi connectivity index (χ0v) is 24.7. The molecule has 0 spiro atoms. The second kappa shape index (κ2) is 10.7. The quantitative estimate of drug-likeness (QED) is 0.192. The van der Waals surface area contributed by atoms with Gasteiger partial charge in [0, 0.05) is 33.7 Å². The molecule has 0 unspecified atom stereocenters. The lowest BCUT2D eigenvalue weighted by atomic mass is 9.95. The summed E-state index contributed by atoms with van der Waals surface area (Å²) in [5.41, 5.74) is 10.7. The average molecular weight is 588 g/mol. The fraction of sp³-hybridized carbons (Fsp3) is 0. The van der Waals surface area contributed by atoms with Crippen molar-refractivity contribution in [1.82, 2.24) is 24.9 Å². The number of hydrogen-bond acceptors (Lipinski definition) is 5. The molecule has 0 saturated carbocycles. The van der Waals surface area contributed by atoms with E-state index in [1.165, 1.54) is 0 Å². The van der Waals surface area contributed by atoms with Crippen molar-refractivity contribution in [3.8, 4) is 45.2 Å². The van der Waals surface area contributed by atoms with Gasteiger partial charge in [-0.1, -0.05) is 97.1 Å². The molecular formula is C41H25N5. The van der Waals surface area contributed by atoms with Crippen LogP contribution in [0.2, 0.25) is 0 Å². The highest BCUT2D eigenvalue weighted by atomic mass is 14.8. The molecule has 5 aromatic carbocycles. The summed E-state index contributed by atoms with van der Waals surface area (Å²) in [4.78, 5) is 25.2. The van der Waals surface area contributed by atoms with Gasteiger partial charge in [0.15, 0.2) is 0 Å². The lowest BCUT2D eigenvalue weighted by molar-refractivity contribution is 1.27. The van der Waals surface area contributed by atoms with Gasteiger partial charge >= 0.3 is 0 Å². The van der Waals surface area contributed by atoms with E-state index in [-0.39, 0.29) is 0 Å². The largest absolute Gasteiger partial charge is 0.255 e. The maximum absolute atomic E-state index is 5.30. The first kappa shape index (κ1) is 26.1. The highest BCUT2D eigenvalue weighted by molar-refractivity contribution is 6.06. The second-order valence-corrected chi connectivity index (χ2v) is 11.3. The van der Waals surface area contributed by atoms with Crippen LogP contribution in [0, 0.1) is 0 Å². The lowest BCUT2D eigenvalue weighted by Crippen LogP contribution is -1.97. The number of benzene rings is 5. The van der Waals surface area contributed by atoms with Crippen LogP contribution in [0.1, 0.15) is 0 Å². The first-order valence-corrected chi connectivity index (χ1v) is 15.3. The topological polar surface area (TPSA) is 64.5 Å². The van der Waals surface area contributed by atoms with E-state index in [9.17, 15) is 0 Å². The van der Waals surface area contributed by atoms with Crippen LogP contribution >= 0.6 is 0 Å². The smallest absolute Gasteiger partial charge is 0.0973 e. The van der Waals surface area contributed by atoms with Crippen molar-refractivity contribution in [1.29, 1.82) is 0 Å². The summed E-state index contributed by atoms with van der Waals surface area (Å²) < 4.78 is 0. The Balaban J connectivity index is 1.29. The van der Waals surface area contributed by atoms with E-state index in [1.54, 1.807) is 6.20 Å². The number of para-hydroxylation sites is 2. The van der Waals surface area contributed by atoms with Crippen molar-refractivity contribution in [2.75, 3.05) is 0 Å². The molecule has 0 aliphatic rings. The van der Waals surface area contributed by atoms with Crippen LogP contribution in [0.3, 0.4) is 0 Å². The van der Waals surface area contributed by atoms with Gasteiger partial charge in [-0.05, 0) is 59.3 Å².